The van der Waals surface area contributed by atoms with Crippen LogP contribution in [-0.2, 0) is 14.3 Å². The monoisotopic (exact) mass is 364 g/mol. The fraction of sp³-hybridized carbons (Fsp3) is 0.526. The SMILES string of the molecule is CCC[C@@H](C)NC(=O)COC(=O)c1cccc(NC(=O)OC(C)(C)C)c1. The van der Waals surface area contributed by atoms with Crippen molar-refractivity contribution < 1.29 is 23.9 Å². The van der Waals surface area contributed by atoms with Crippen LogP contribution < -0.4 is 10.6 Å². The van der Waals surface area contributed by atoms with Gasteiger partial charge in [-0.15, -0.1) is 0 Å². The summed E-state index contributed by atoms with van der Waals surface area (Å²) in [4.78, 5) is 35.6. The first kappa shape index (κ1) is 21.5. The topological polar surface area (TPSA) is 93.7 Å². The third-order valence-corrected chi connectivity index (χ3v) is 3.21. The molecule has 1 rings (SSSR count). The number of ether oxygens (including phenoxy) is 2. The third kappa shape index (κ3) is 8.50. The van der Waals surface area contributed by atoms with Gasteiger partial charge < -0.3 is 14.8 Å². The van der Waals surface area contributed by atoms with Crippen molar-refractivity contribution in [2.75, 3.05) is 11.9 Å². The van der Waals surface area contributed by atoms with Gasteiger partial charge in [0.1, 0.15) is 5.60 Å². The Morgan fingerprint density at radius 1 is 1.19 bits per heavy atom. The lowest BCUT2D eigenvalue weighted by Gasteiger charge is -2.19. The van der Waals surface area contributed by atoms with Crippen molar-refractivity contribution in [2.24, 2.45) is 0 Å². The molecule has 0 aliphatic heterocycles. The summed E-state index contributed by atoms with van der Waals surface area (Å²) in [7, 11) is 0. The molecular formula is C19H28N2O5. The van der Waals surface area contributed by atoms with E-state index in [0.29, 0.717) is 5.69 Å². The largest absolute Gasteiger partial charge is 0.452 e. The van der Waals surface area contributed by atoms with Crippen LogP contribution in [0.4, 0.5) is 10.5 Å². The number of carbonyl (C=O) groups excluding carboxylic acids is 3. The summed E-state index contributed by atoms with van der Waals surface area (Å²) in [6, 6.07) is 6.27. The van der Waals surface area contributed by atoms with Crippen molar-refractivity contribution >= 4 is 23.7 Å². The van der Waals surface area contributed by atoms with E-state index in [9.17, 15) is 14.4 Å². The molecule has 0 radical (unpaired) electrons. The van der Waals surface area contributed by atoms with Gasteiger partial charge in [-0.25, -0.2) is 9.59 Å². The number of rotatable bonds is 7. The molecule has 2 N–H and O–H groups in total. The first-order valence-corrected chi connectivity index (χ1v) is 8.67. The van der Waals surface area contributed by atoms with E-state index in [4.69, 9.17) is 9.47 Å². The summed E-state index contributed by atoms with van der Waals surface area (Å²) < 4.78 is 10.2. The zero-order valence-corrected chi connectivity index (χ0v) is 16.0. The Bertz CT molecular complexity index is 637. The van der Waals surface area contributed by atoms with Crippen LogP contribution in [0.3, 0.4) is 0 Å². The third-order valence-electron chi connectivity index (χ3n) is 3.21. The van der Waals surface area contributed by atoms with Crippen molar-refractivity contribution in [3.05, 3.63) is 29.8 Å². The minimum atomic E-state index is -0.642. The smallest absolute Gasteiger partial charge is 0.412 e. The van der Waals surface area contributed by atoms with Crippen LogP contribution in [0.1, 0.15) is 57.8 Å². The molecule has 26 heavy (non-hydrogen) atoms. The van der Waals surface area contributed by atoms with Crippen LogP contribution in [0.25, 0.3) is 0 Å². The lowest BCUT2D eigenvalue weighted by Crippen LogP contribution is -2.35. The maximum Gasteiger partial charge on any atom is 0.412 e. The predicted molar refractivity (Wildman–Crippen MR) is 99.1 cm³/mol. The summed E-state index contributed by atoms with van der Waals surface area (Å²) in [5.41, 5.74) is 0.00536. The number of hydrogen-bond donors (Lipinski definition) is 2. The first-order chi connectivity index (χ1) is 12.1. The molecule has 0 aliphatic rings. The molecular weight excluding hydrogens is 336 g/mol. The Balaban J connectivity index is 2.57. The fourth-order valence-electron chi connectivity index (χ4n) is 2.18. The van der Waals surface area contributed by atoms with E-state index in [0.717, 1.165) is 12.8 Å². The number of anilines is 1. The molecule has 144 valence electrons. The van der Waals surface area contributed by atoms with Crippen LogP contribution in [0.2, 0.25) is 0 Å². The van der Waals surface area contributed by atoms with E-state index in [1.54, 1.807) is 39.0 Å². The van der Waals surface area contributed by atoms with Crippen LogP contribution >= 0.6 is 0 Å². The lowest BCUT2D eigenvalue weighted by atomic mass is 10.2. The van der Waals surface area contributed by atoms with Gasteiger partial charge in [0.05, 0.1) is 5.56 Å². The molecule has 0 spiro atoms. The number of nitrogens with one attached hydrogen (secondary N) is 2. The van der Waals surface area contributed by atoms with Crippen molar-refractivity contribution in [3.63, 3.8) is 0 Å². The highest BCUT2D eigenvalue weighted by Gasteiger charge is 2.17. The van der Waals surface area contributed by atoms with Crippen molar-refractivity contribution in [2.45, 2.75) is 59.1 Å². The van der Waals surface area contributed by atoms with Gasteiger partial charge in [0, 0.05) is 11.7 Å². The highest BCUT2D eigenvalue weighted by Crippen LogP contribution is 2.14. The molecule has 7 heteroatoms. The van der Waals surface area contributed by atoms with Gasteiger partial charge in [-0.1, -0.05) is 19.4 Å². The summed E-state index contributed by atoms with van der Waals surface area (Å²) >= 11 is 0. The Morgan fingerprint density at radius 2 is 1.88 bits per heavy atom. The Morgan fingerprint density at radius 3 is 2.50 bits per heavy atom. The molecule has 0 aliphatic carbocycles. The van der Waals surface area contributed by atoms with E-state index in [2.05, 4.69) is 10.6 Å². The fourth-order valence-corrected chi connectivity index (χ4v) is 2.18. The van der Waals surface area contributed by atoms with Gasteiger partial charge in [0.2, 0.25) is 0 Å². The summed E-state index contributed by atoms with van der Waals surface area (Å²) in [5.74, 6) is -0.988. The van der Waals surface area contributed by atoms with E-state index in [-0.39, 0.29) is 24.1 Å². The predicted octanol–water partition coefficient (Wildman–Crippen LogP) is 3.50. The molecule has 1 atom stereocenters. The first-order valence-electron chi connectivity index (χ1n) is 8.67. The maximum absolute atomic E-state index is 12.1. The molecule has 0 heterocycles. The lowest BCUT2D eigenvalue weighted by molar-refractivity contribution is -0.124. The standard InChI is InChI=1S/C19H28N2O5/c1-6-8-13(2)20-16(22)12-25-17(23)14-9-7-10-15(11-14)21-18(24)26-19(3,4)5/h7,9-11,13H,6,8,12H2,1-5H3,(H,20,22)(H,21,24)/t13-/m1/s1. The van der Waals surface area contributed by atoms with Gasteiger partial charge in [-0.3, -0.25) is 10.1 Å². The van der Waals surface area contributed by atoms with E-state index >= 15 is 0 Å². The van der Waals surface area contributed by atoms with Gasteiger partial charge >= 0.3 is 12.1 Å². The zero-order valence-electron chi connectivity index (χ0n) is 16.0. The second-order valence-electron chi connectivity index (χ2n) is 7.04. The van der Waals surface area contributed by atoms with Crippen molar-refractivity contribution in [1.29, 1.82) is 0 Å². The summed E-state index contributed by atoms with van der Waals surface area (Å²) in [6.45, 7) is 8.85. The molecule has 2 amide bonds. The normalized spacial score (nSPS) is 12.0. The number of hydrogen-bond acceptors (Lipinski definition) is 5. The Kier molecular flexibility index (Phi) is 8.09. The molecule has 0 saturated carbocycles. The van der Waals surface area contributed by atoms with E-state index in [1.807, 2.05) is 13.8 Å². The van der Waals surface area contributed by atoms with Crippen LogP contribution in [0, 0.1) is 0 Å². The molecule has 0 aromatic heterocycles. The minimum Gasteiger partial charge on any atom is -0.452 e. The Hall–Kier alpha value is -2.57. The van der Waals surface area contributed by atoms with Crippen molar-refractivity contribution in [3.8, 4) is 0 Å². The minimum absolute atomic E-state index is 0.0348. The molecule has 0 unspecified atom stereocenters. The highest BCUT2D eigenvalue weighted by molar-refractivity contribution is 5.93. The Labute approximate surface area is 154 Å². The second-order valence-corrected chi connectivity index (χ2v) is 7.04. The molecule has 0 fully saturated rings. The van der Waals surface area contributed by atoms with Gasteiger partial charge in [-0.05, 0) is 52.3 Å². The van der Waals surface area contributed by atoms with Crippen LogP contribution in [-0.4, -0.2) is 36.2 Å². The van der Waals surface area contributed by atoms with E-state index < -0.39 is 17.7 Å². The van der Waals surface area contributed by atoms with Gasteiger partial charge in [0.15, 0.2) is 6.61 Å². The molecule has 7 nitrogen and oxygen atoms in total. The second kappa shape index (κ2) is 9.79. The highest BCUT2D eigenvalue weighted by atomic mass is 16.6. The average molecular weight is 364 g/mol. The average Bonchev–Trinajstić information content (AvgIpc) is 2.51. The summed E-state index contributed by atoms with van der Waals surface area (Å²) in [6.07, 6.45) is 1.20. The number of amides is 2. The maximum atomic E-state index is 12.1. The number of benzene rings is 1. The van der Waals surface area contributed by atoms with Crippen LogP contribution in [0.15, 0.2) is 24.3 Å². The van der Waals surface area contributed by atoms with Crippen LogP contribution in [0.5, 0.6) is 0 Å². The quantitative estimate of drug-likeness (QED) is 0.722. The molecule has 1 aromatic carbocycles. The zero-order chi connectivity index (χ0) is 19.7. The summed E-state index contributed by atoms with van der Waals surface area (Å²) in [5, 5.41) is 5.31. The molecule has 0 saturated heterocycles. The molecule has 0 bridgehead atoms. The van der Waals surface area contributed by atoms with Gasteiger partial charge in [-0.2, -0.15) is 0 Å². The molecule has 1 aromatic rings. The number of carbonyl (C=O) groups is 3. The van der Waals surface area contributed by atoms with Crippen molar-refractivity contribution in [1.82, 2.24) is 5.32 Å². The number of esters is 1. The van der Waals surface area contributed by atoms with Gasteiger partial charge in [0.25, 0.3) is 5.91 Å². The van der Waals surface area contributed by atoms with E-state index in [1.165, 1.54) is 6.07 Å².